The van der Waals surface area contributed by atoms with Gasteiger partial charge >= 0.3 is 6.18 Å². The van der Waals surface area contributed by atoms with Gasteiger partial charge in [0, 0.05) is 25.1 Å². The third kappa shape index (κ3) is 3.20. The molecule has 2 atom stereocenters. The lowest BCUT2D eigenvalue weighted by Gasteiger charge is -2.26. The van der Waals surface area contributed by atoms with Crippen molar-refractivity contribution in [1.29, 1.82) is 0 Å². The second kappa shape index (κ2) is 5.67. The van der Waals surface area contributed by atoms with Crippen LogP contribution in [0.25, 0.3) is 0 Å². The highest BCUT2D eigenvalue weighted by Gasteiger charge is 2.37. The van der Waals surface area contributed by atoms with E-state index in [2.05, 4.69) is 4.98 Å². The minimum Gasteiger partial charge on any atom is -0.386 e. The van der Waals surface area contributed by atoms with Gasteiger partial charge in [0.25, 0.3) is 0 Å². The number of aromatic nitrogens is 1. The van der Waals surface area contributed by atoms with Crippen molar-refractivity contribution < 1.29 is 23.0 Å². The maximum atomic E-state index is 12.8. The summed E-state index contributed by atoms with van der Waals surface area (Å²) in [4.78, 5) is 3.64. The molecule has 2 unspecified atom stereocenters. The Morgan fingerprint density at radius 1 is 1.33 bits per heavy atom. The number of pyridine rings is 1. The van der Waals surface area contributed by atoms with Gasteiger partial charge in [-0.15, -0.1) is 0 Å². The summed E-state index contributed by atoms with van der Waals surface area (Å²) >= 11 is 0. The van der Waals surface area contributed by atoms with E-state index in [-0.39, 0.29) is 11.5 Å². The third-order valence-corrected chi connectivity index (χ3v) is 2.72. The number of nitrogens with zero attached hydrogens (tertiary/aromatic N) is 1. The van der Waals surface area contributed by atoms with E-state index in [0.29, 0.717) is 0 Å². The zero-order chi connectivity index (χ0) is 13.9. The third-order valence-electron chi connectivity index (χ3n) is 2.72. The molecular formula is C12H16F3NO2. The summed E-state index contributed by atoms with van der Waals surface area (Å²) in [6.45, 7) is 3.53. The molecule has 0 saturated heterocycles. The van der Waals surface area contributed by atoms with Crippen LogP contribution >= 0.6 is 0 Å². The molecule has 18 heavy (non-hydrogen) atoms. The van der Waals surface area contributed by atoms with E-state index in [1.165, 1.54) is 7.11 Å². The SMILES string of the molecule is COC(C(C)C)C(O)c1cnccc1C(F)(F)F. The van der Waals surface area contributed by atoms with Crippen molar-refractivity contribution in [2.45, 2.75) is 32.2 Å². The Kier molecular flexibility index (Phi) is 4.70. The number of alkyl halides is 3. The van der Waals surface area contributed by atoms with Crippen LogP contribution in [0.3, 0.4) is 0 Å². The Morgan fingerprint density at radius 2 is 1.94 bits per heavy atom. The molecule has 0 amide bonds. The van der Waals surface area contributed by atoms with Gasteiger partial charge in [-0.2, -0.15) is 13.2 Å². The first-order valence-corrected chi connectivity index (χ1v) is 5.51. The van der Waals surface area contributed by atoms with E-state index in [4.69, 9.17) is 4.74 Å². The first kappa shape index (κ1) is 14.9. The van der Waals surface area contributed by atoms with Crippen LogP contribution in [-0.4, -0.2) is 23.3 Å². The molecule has 1 rings (SSSR count). The largest absolute Gasteiger partial charge is 0.416 e. The second-order valence-electron chi connectivity index (χ2n) is 4.35. The van der Waals surface area contributed by atoms with Crippen molar-refractivity contribution in [2.75, 3.05) is 7.11 Å². The number of aliphatic hydroxyl groups excluding tert-OH is 1. The molecule has 0 aliphatic heterocycles. The van der Waals surface area contributed by atoms with Crippen molar-refractivity contribution in [1.82, 2.24) is 4.98 Å². The molecule has 1 aromatic heterocycles. The van der Waals surface area contributed by atoms with Gasteiger partial charge in [0.2, 0.25) is 0 Å². The van der Waals surface area contributed by atoms with Crippen molar-refractivity contribution in [3.05, 3.63) is 29.6 Å². The number of halogens is 3. The Bertz CT molecular complexity index is 393. The molecule has 0 aliphatic carbocycles. The standard InChI is InChI=1S/C12H16F3NO2/c1-7(2)11(18-3)10(17)8-6-16-5-4-9(8)12(13,14)15/h4-7,10-11,17H,1-3H3. The normalized spacial score (nSPS) is 15.8. The molecule has 0 radical (unpaired) electrons. The zero-order valence-electron chi connectivity index (χ0n) is 10.4. The molecule has 0 fully saturated rings. The molecule has 0 saturated carbocycles. The highest BCUT2D eigenvalue weighted by atomic mass is 19.4. The second-order valence-corrected chi connectivity index (χ2v) is 4.35. The maximum absolute atomic E-state index is 12.8. The molecule has 1 heterocycles. The fourth-order valence-corrected chi connectivity index (χ4v) is 1.84. The van der Waals surface area contributed by atoms with Crippen molar-refractivity contribution in [3.63, 3.8) is 0 Å². The van der Waals surface area contributed by atoms with Gasteiger partial charge in [-0.3, -0.25) is 4.98 Å². The molecule has 0 spiro atoms. The smallest absolute Gasteiger partial charge is 0.386 e. The number of methoxy groups -OCH3 is 1. The Balaban J connectivity index is 3.17. The topological polar surface area (TPSA) is 42.4 Å². The lowest BCUT2D eigenvalue weighted by Crippen LogP contribution is -2.28. The van der Waals surface area contributed by atoms with E-state index in [9.17, 15) is 18.3 Å². The van der Waals surface area contributed by atoms with Crippen LogP contribution in [0, 0.1) is 5.92 Å². The van der Waals surface area contributed by atoms with Crippen LogP contribution < -0.4 is 0 Å². The minimum atomic E-state index is -4.52. The summed E-state index contributed by atoms with van der Waals surface area (Å²) in [5, 5.41) is 10.0. The molecule has 6 heteroatoms. The summed E-state index contributed by atoms with van der Waals surface area (Å²) in [5.41, 5.74) is -1.14. The van der Waals surface area contributed by atoms with Gasteiger partial charge in [-0.25, -0.2) is 0 Å². The van der Waals surface area contributed by atoms with E-state index in [1.54, 1.807) is 13.8 Å². The van der Waals surface area contributed by atoms with Gasteiger partial charge in [0.1, 0.15) is 6.10 Å². The predicted octanol–water partition coefficient (Wildman–Crippen LogP) is 2.80. The van der Waals surface area contributed by atoms with E-state index < -0.39 is 23.9 Å². The first-order chi connectivity index (χ1) is 8.29. The predicted molar refractivity (Wildman–Crippen MR) is 59.8 cm³/mol. The molecule has 0 aliphatic rings. The maximum Gasteiger partial charge on any atom is 0.416 e. The highest BCUT2D eigenvalue weighted by molar-refractivity contribution is 5.29. The van der Waals surface area contributed by atoms with Crippen LogP contribution in [0.1, 0.15) is 31.1 Å². The molecule has 1 N–H and O–H groups in total. The first-order valence-electron chi connectivity index (χ1n) is 5.51. The summed E-state index contributed by atoms with van der Waals surface area (Å²) in [6, 6.07) is 0.853. The Morgan fingerprint density at radius 3 is 2.39 bits per heavy atom. The van der Waals surface area contributed by atoms with Crippen LogP contribution in [0.15, 0.2) is 18.5 Å². The molecular weight excluding hydrogens is 247 g/mol. The number of ether oxygens (including phenoxy) is 1. The van der Waals surface area contributed by atoms with Gasteiger partial charge in [0.05, 0.1) is 11.7 Å². The zero-order valence-corrected chi connectivity index (χ0v) is 10.4. The fraction of sp³-hybridized carbons (Fsp3) is 0.583. The van der Waals surface area contributed by atoms with E-state index >= 15 is 0 Å². The number of hydrogen-bond donors (Lipinski definition) is 1. The minimum absolute atomic E-state index is 0.119. The highest BCUT2D eigenvalue weighted by Crippen LogP contribution is 2.36. The average molecular weight is 263 g/mol. The van der Waals surface area contributed by atoms with Crippen LogP contribution in [-0.2, 0) is 10.9 Å². The summed E-state index contributed by atoms with van der Waals surface area (Å²) in [5.74, 6) is -0.119. The monoisotopic (exact) mass is 263 g/mol. The molecule has 102 valence electrons. The van der Waals surface area contributed by atoms with E-state index in [1.807, 2.05) is 0 Å². The lowest BCUT2D eigenvalue weighted by atomic mass is 9.94. The van der Waals surface area contributed by atoms with Crippen LogP contribution in [0.2, 0.25) is 0 Å². The van der Waals surface area contributed by atoms with E-state index in [0.717, 1.165) is 18.5 Å². The number of aliphatic hydroxyl groups is 1. The van der Waals surface area contributed by atoms with Gasteiger partial charge in [0.15, 0.2) is 0 Å². The quantitative estimate of drug-likeness (QED) is 0.908. The molecule has 1 aromatic rings. The van der Waals surface area contributed by atoms with Crippen molar-refractivity contribution in [3.8, 4) is 0 Å². The Hall–Kier alpha value is -1.14. The van der Waals surface area contributed by atoms with Crippen molar-refractivity contribution >= 4 is 0 Å². The van der Waals surface area contributed by atoms with Gasteiger partial charge in [-0.05, 0) is 12.0 Å². The molecule has 0 aromatic carbocycles. The van der Waals surface area contributed by atoms with Crippen molar-refractivity contribution in [2.24, 2.45) is 5.92 Å². The summed E-state index contributed by atoms with van der Waals surface area (Å²) < 4.78 is 43.4. The van der Waals surface area contributed by atoms with Gasteiger partial charge < -0.3 is 9.84 Å². The molecule has 0 bridgehead atoms. The summed E-state index contributed by atoms with van der Waals surface area (Å²) in [6.07, 6.45) is -4.51. The lowest BCUT2D eigenvalue weighted by molar-refractivity contribution is -0.140. The van der Waals surface area contributed by atoms with Gasteiger partial charge in [-0.1, -0.05) is 13.8 Å². The molecule has 3 nitrogen and oxygen atoms in total. The van der Waals surface area contributed by atoms with Crippen LogP contribution in [0.5, 0.6) is 0 Å². The Labute approximate surface area is 104 Å². The van der Waals surface area contributed by atoms with Crippen LogP contribution in [0.4, 0.5) is 13.2 Å². The average Bonchev–Trinajstić information content (AvgIpc) is 2.28. The number of rotatable bonds is 4. The number of hydrogen-bond acceptors (Lipinski definition) is 3. The fourth-order valence-electron chi connectivity index (χ4n) is 1.84. The summed E-state index contributed by atoms with van der Waals surface area (Å²) in [7, 11) is 1.36.